The van der Waals surface area contributed by atoms with Crippen LogP contribution in [0.1, 0.15) is 168 Å². The first-order valence-electron chi connectivity index (χ1n) is 17.5. The average molecular weight is 622 g/mol. The molecule has 0 aromatic rings. The van der Waals surface area contributed by atoms with Crippen LogP contribution in [-0.2, 0) is 27.9 Å². The van der Waals surface area contributed by atoms with Crippen molar-refractivity contribution in [2.24, 2.45) is 5.73 Å². The lowest BCUT2D eigenvalue weighted by Gasteiger charge is -2.20. The van der Waals surface area contributed by atoms with Gasteiger partial charge in [0, 0.05) is 19.6 Å². The molecule has 3 N–H and O–H groups in total. The first kappa shape index (κ1) is 41.5. The minimum atomic E-state index is -4.25. The van der Waals surface area contributed by atoms with Gasteiger partial charge in [-0.3, -0.25) is 13.8 Å². The normalized spacial score (nSPS) is 13.7. The van der Waals surface area contributed by atoms with Crippen LogP contribution in [0.2, 0.25) is 0 Å². The van der Waals surface area contributed by atoms with Crippen LogP contribution in [0.15, 0.2) is 0 Å². The SMILES string of the molecule is CCCCCCCCCCCCCCCCCCOCC(COP(=O)(O)OCCN)OC(=O)CCCCCCCCC. The van der Waals surface area contributed by atoms with Crippen molar-refractivity contribution in [2.45, 2.75) is 174 Å². The summed E-state index contributed by atoms with van der Waals surface area (Å²) in [6.45, 7) is 4.90. The summed E-state index contributed by atoms with van der Waals surface area (Å²) < 4.78 is 33.1. The molecular formula is C33H68NO7P. The fraction of sp³-hybridized carbons (Fsp3) is 0.970. The Morgan fingerprint density at radius 2 is 1.05 bits per heavy atom. The van der Waals surface area contributed by atoms with E-state index in [1.807, 2.05) is 0 Å². The van der Waals surface area contributed by atoms with Crippen LogP contribution in [0.5, 0.6) is 0 Å². The number of hydrogen-bond donors (Lipinski definition) is 2. The van der Waals surface area contributed by atoms with E-state index in [2.05, 4.69) is 13.8 Å². The van der Waals surface area contributed by atoms with Gasteiger partial charge in [0.25, 0.3) is 0 Å². The lowest BCUT2D eigenvalue weighted by atomic mass is 10.0. The van der Waals surface area contributed by atoms with E-state index in [1.165, 1.54) is 116 Å². The predicted octanol–water partition coefficient (Wildman–Crippen LogP) is 9.41. The minimum Gasteiger partial charge on any atom is -0.457 e. The number of phosphoric ester groups is 1. The third-order valence-electron chi connectivity index (χ3n) is 7.52. The van der Waals surface area contributed by atoms with Crippen molar-refractivity contribution in [3.63, 3.8) is 0 Å². The van der Waals surface area contributed by atoms with Gasteiger partial charge in [-0.25, -0.2) is 4.57 Å². The van der Waals surface area contributed by atoms with Crippen molar-refractivity contribution in [1.29, 1.82) is 0 Å². The lowest BCUT2D eigenvalue weighted by molar-refractivity contribution is -0.154. The number of nitrogens with two attached hydrogens (primary N) is 1. The first-order chi connectivity index (χ1) is 20.4. The third-order valence-corrected chi connectivity index (χ3v) is 8.51. The van der Waals surface area contributed by atoms with Crippen LogP contribution in [0.25, 0.3) is 0 Å². The van der Waals surface area contributed by atoms with Gasteiger partial charge in [-0.15, -0.1) is 0 Å². The summed E-state index contributed by atoms with van der Waals surface area (Å²) in [4.78, 5) is 22.2. The summed E-state index contributed by atoms with van der Waals surface area (Å²) in [5.41, 5.74) is 5.33. The largest absolute Gasteiger partial charge is 0.472 e. The molecular weight excluding hydrogens is 553 g/mol. The average Bonchev–Trinajstić information content (AvgIpc) is 2.97. The second kappa shape index (κ2) is 31.9. The Kier molecular flexibility index (Phi) is 31.5. The summed E-state index contributed by atoms with van der Waals surface area (Å²) in [6.07, 6.45) is 28.4. The summed E-state index contributed by atoms with van der Waals surface area (Å²) in [7, 11) is -4.25. The zero-order chi connectivity index (χ0) is 31.0. The maximum absolute atomic E-state index is 12.4. The highest BCUT2D eigenvalue weighted by atomic mass is 31.2. The summed E-state index contributed by atoms with van der Waals surface area (Å²) >= 11 is 0. The lowest BCUT2D eigenvalue weighted by Crippen LogP contribution is -2.28. The van der Waals surface area contributed by atoms with Crippen LogP contribution in [-0.4, -0.2) is 49.9 Å². The van der Waals surface area contributed by atoms with E-state index >= 15 is 0 Å². The molecule has 0 aliphatic rings. The van der Waals surface area contributed by atoms with Gasteiger partial charge in [0.1, 0.15) is 6.10 Å². The van der Waals surface area contributed by atoms with Gasteiger partial charge in [0.05, 0.1) is 19.8 Å². The maximum Gasteiger partial charge on any atom is 0.472 e. The number of rotatable bonds is 34. The van der Waals surface area contributed by atoms with E-state index in [0.29, 0.717) is 13.0 Å². The molecule has 2 atom stereocenters. The van der Waals surface area contributed by atoms with E-state index in [-0.39, 0.29) is 32.3 Å². The molecule has 252 valence electrons. The van der Waals surface area contributed by atoms with E-state index in [9.17, 15) is 14.3 Å². The first-order valence-corrected chi connectivity index (χ1v) is 19.0. The van der Waals surface area contributed by atoms with Gasteiger partial charge >= 0.3 is 13.8 Å². The standard InChI is InChI=1S/C33H68NO7P/c1-3-5-7-9-11-12-13-14-15-16-17-18-19-21-23-25-28-38-30-32(31-40-42(36,37)39-29-27-34)41-33(35)26-24-22-20-10-8-6-4-2/h32H,3-31,34H2,1-2H3,(H,36,37). The van der Waals surface area contributed by atoms with E-state index < -0.39 is 13.9 Å². The maximum atomic E-state index is 12.4. The zero-order valence-electron chi connectivity index (χ0n) is 27.5. The number of hydrogen-bond acceptors (Lipinski definition) is 7. The number of carbonyl (C=O) groups excluding carboxylic acids is 1. The Bertz CT molecular complexity index is 623. The number of unbranched alkanes of at least 4 members (excludes halogenated alkanes) is 21. The molecule has 0 radical (unpaired) electrons. The quantitative estimate of drug-likeness (QED) is 0.0414. The second-order valence-corrected chi connectivity index (χ2v) is 13.2. The monoisotopic (exact) mass is 621 g/mol. The van der Waals surface area contributed by atoms with Crippen molar-refractivity contribution >= 4 is 13.8 Å². The van der Waals surface area contributed by atoms with Gasteiger partial charge < -0.3 is 20.1 Å². The molecule has 0 aliphatic heterocycles. The number of carbonyl (C=O) groups is 1. The highest BCUT2D eigenvalue weighted by Gasteiger charge is 2.25. The number of ether oxygens (including phenoxy) is 2. The van der Waals surface area contributed by atoms with E-state index in [0.717, 1.165) is 32.1 Å². The number of phosphoric acid groups is 1. The van der Waals surface area contributed by atoms with Crippen LogP contribution in [0.4, 0.5) is 0 Å². The fourth-order valence-electron chi connectivity index (χ4n) is 4.94. The Morgan fingerprint density at radius 1 is 0.619 bits per heavy atom. The molecule has 0 amide bonds. The second-order valence-electron chi connectivity index (χ2n) is 11.7. The van der Waals surface area contributed by atoms with Gasteiger partial charge in [0.15, 0.2) is 0 Å². The highest BCUT2D eigenvalue weighted by Crippen LogP contribution is 2.43. The van der Waals surface area contributed by atoms with Crippen LogP contribution in [0.3, 0.4) is 0 Å². The molecule has 0 saturated carbocycles. The molecule has 0 fully saturated rings. The van der Waals surface area contributed by atoms with Crippen LogP contribution >= 0.6 is 7.82 Å². The molecule has 0 aromatic carbocycles. The number of esters is 1. The van der Waals surface area contributed by atoms with Gasteiger partial charge in [-0.2, -0.15) is 0 Å². The van der Waals surface area contributed by atoms with Crippen molar-refractivity contribution in [3.8, 4) is 0 Å². The molecule has 42 heavy (non-hydrogen) atoms. The van der Waals surface area contributed by atoms with Gasteiger partial charge in [-0.1, -0.05) is 149 Å². The van der Waals surface area contributed by atoms with Crippen LogP contribution < -0.4 is 5.73 Å². The molecule has 0 aromatic heterocycles. The molecule has 8 nitrogen and oxygen atoms in total. The Labute approximate surface area is 259 Å². The topological polar surface area (TPSA) is 117 Å². The van der Waals surface area contributed by atoms with E-state index in [1.54, 1.807) is 0 Å². The zero-order valence-corrected chi connectivity index (χ0v) is 28.4. The Hall–Kier alpha value is -0.500. The van der Waals surface area contributed by atoms with Gasteiger partial charge in [-0.05, 0) is 12.8 Å². The minimum absolute atomic E-state index is 0.0910. The van der Waals surface area contributed by atoms with Crippen molar-refractivity contribution in [3.05, 3.63) is 0 Å². The Morgan fingerprint density at radius 3 is 1.50 bits per heavy atom. The summed E-state index contributed by atoms with van der Waals surface area (Å²) in [5.74, 6) is -0.334. The molecule has 0 bridgehead atoms. The smallest absolute Gasteiger partial charge is 0.457 e. The third kappa shape index (κ3) is 30.9. The fourth-order valence-corrected chi connectivity index (χ4v) is 5.70. The molecule has 0 heterocycles. The molecule has 0 spiro atoms. The Balaban J connectivity index is 3.98. The predicted molar refractivity (Wildman–Crippen MR) is 174 cm³/mol. The van der Waals surface area contributed by atoms with Crippen molar-refractivity contribution < 1.29 is 32.8 Å². The van der Waals surface area contributed by atoms with Crippen molar-refractivity contribution in [1.82, 2.24) is 0 Å². The van der Waals surface area contributed by atoms with Crippen molar-refractivity contribution in [2.75, 3.05) is 33.0 Å². The molecule has 9 heteroatoms. The molecule has 0 aliphatic carbocycles. The molecule has 2 unspecified atom stereocenters. The molecule has 0 rings (SSSR count). The highest BCUT2D eigenvalue weighted by molar-refractivity contribution is 7.47. The van der Waals surface area contributed by atoms with E-state index in [4.69, 9.17) is 24.3 Å². The summed E-state index contributed by atoms with van der Waals surface area (Å²) in [5, 5.41) is 0. The molecule has 0 saturated heterocycles. The van der Waals surface area contributed by atoms with Crippen LogP contribution in [0, 0.1) is 0 Å². The van der Waals surface area contributed by atoms with Gasteiger partial charge in [0.2, 0.25) is 0 Å². The summed E-state index contributed by atoms with van der Waals surface area (Å²) in [6, 6.07) is 0.